The van der Waals surface area contributed by atoms with Gasteiger partial charge in [0.15, 0.2) is 0 Å². The Morgan fingerprint density at radius 3 is 1.31 bits per heavy atom. The fourth-order valence-corrected chi connectivity index (χ4v) is 5.19. The molecule has 4 unspecified atom stereocenters. The Labute approximate surface area is 190 Å². The van der Waals surface area contributed by atoms with Crippen molar-refractivity contribution in [2.24, 2.45) is 11.5 Å². The fraction of sp³-hybridized carbons (Fsp3) is 0.500. The van der Waals surface area contributed by atoms with Gasteiger partial charge >= 0.3 is 8.25 Å². The smallest absolute Gasteiger partial charge is 0.319 e. The zero-order valence-electron chi connectivity index (χ0n) is 19.2. The van der Waals surface area contributed by atoms with Crippen LogP contribution in [0.4, 0.5) is 8.78 Å². The lowest BCUT2D eigenvalue weighted by Crippen LogP contribution is -2.49. The first kappa shape index (κ1) is 26.5. The highest BCUT2D eigenvalue weighted by Crippen LogP contribution is 2.41. The monoisotopic (exact) mass is 467 g/mol. The second-order valence-corrected chi connectivity index (χ2v) is 8.90. The van der Waals surface area contributed by atoms with Gasteiger partial charge in [0.25, 0.3) is 0 Å². The summed E-state index contributed by atoms with van der Waals surface area (Å²) in [5.41, 5.74) is 12.8. The first-order valence-electron chi connectivity index (χ1n) is 11.0. The van der Waals surface area contributed by atoms with E-state index in [0.29, 0.717) is 36.8 Å². The number of halogens is 2. The zero-order valence-corrected chi connectivity index (χ0v) is 20.1. The van der Waals surface area contributed by atoms with E-state index in [2.05, 4.69) is 0 Å². The topological polar surface area (TPSA) is 87.6 Å². The number of benzene rings is 2. The van der Waals surface area contributed by atoms with E-state index in [1.165, 1.54) is 24.3 Å². The minimum absolute atomic E-state index is 0.360. The van der Waals surface area contributed by atoms with E-state index in [9.17, 15) is 13.3 Å². The standard InChI is InChI=1S/C24H34F2N2O3P/c1-5-21(23(27,7-3)17-9-13-19(25)14-10-17)30-32(29)31-22(6-2)24(28,8-4)18-11-15-20(26)16-12-18/h9-16,21-22H,5-8,27-28H2,1-4H3/q+1. The van der Waals surface area contributed by atoms with Crippen molar-refractivity contribution in [1.82, 2.24) is 0 Å². The normalized spacial score (nSPS) is 17.8. The van der Waals surface area contributed by atoms with Gasteiger partial charge in [-0.15, -0.1) is 9.05 Å². The molecule has 0 bridgehead atoms. The second kappa shape index (κ2) is 11.4. The molecule has 32 heavy (non-hydrogen) atoms. The van der Waals surface area contributed by atoms with Gasteiger partial charge in [-0.3, -0.25) is 0 Å². The van der Waals surface area contributed by atoms with Crippen molar-refractivity contribution in [3.63, 3.8) is 0 Å². The molecule has 0 heterocycles. The molecular formula is C24H34F2N2O3P+. The van der Waals surface area contributed by atoms with Crippen LogP contribution in [0.5, 0.6) is 0 Å². The molecule has 0 fully saturated rings. The highest BCUT2D eigenvalue weighted by molar-refractivity contribution is 7.33. The quantitative estimate of drug-likeness (QED) is 0.372. The molecule has 4 N–H and O–H groups in total. The van der Waals surface area contributed by atoms with Gasteiger partial charge in [0.2, 0.25) is 0 Å². The van der Waals surface area contributed by atoms with Crippen LogP contribution in [0.25, 0.3) is 0 Å². The minimum Gasteiger partial charge on any atom is -0.319 e. The van der Waals surface area contributed by atoms with Crippen molar-refractivity contribution < 1.29 is 22.4 Å². The van der Waals surface area contributed by atoms with Gasteiger partial charge in [0, 0.05) is 4.57 Å². The third kappa shape index (κ3) is 5.77. The molecule has 0 aliphatic rings. The van der Waals surface area contributed by atoms with Gasteiger partial charge in [0.05, 0.1) is 11.1 Å². The van der Waals surface area contributed by atoms with Crippen LogP contribution in [0.1, 0.15) is 64.5 Å². The molecule has 0 saturated heterocycles. The van der Waals surface area contributed by atoms with Crippen LogP contribution in [0.3, 0.4) is 0 Å². The maximum absolute atomic E-state index is 13.4. The van der Waals surface area contributed by atoms with Gasteiger partial charge in [0.1, 0.15) is 23.8 Å². The zero-order chi connectivity index (χ0) is 23.9. The van der Waals surface area contributed by atoms with Gasteiger partial charge in [-0.05, 0) is 61.1 Å². The lowest BCUT2D eigenvalue weighted by Gasteiger charge is -2.34. The molecule has 0 amide bonds. The van der Waals surface area contributed by atoms with Gasteiger partial charge in [-0.25, -0.2) is 8.78 Å². The lowest BCUT2D eigenvalue weighted by molar-refractivity contribution is 0.0466. The van der Waals surface area contributed by atoms with Crippen LogP contribution in [0.15, 0.2) is 48.5 Å². The average molecular weight is 468 g/mol. The molecule has 0 spiro atoms. The van der Waals surface area contributed by atoms with Gasteiger partial charge < -0.3 is 11.5 Å². The third-order valence-electron chi connectivity index (χ3n) is 6.25. The summed E-state index contributed by atoms with van der Waals surface area (Å²) < 4.78 is 51.4. The van der Waals surface area contributed by atoms with E-state index in [-0.39, 0.29) is 11.6 Å². The van der Waals surface area contributed by atoms with Crippen LogP contribution in [-0.2, 0) is 24.7 Å². The molecular weight excluding hydrogens is 433 g/mol. The molecule has 0 radical (unpaired) electrons. The first-order chi connectivity index (χ1) is 15.1. The van der Waals surface area contributed by atoms with Crippen LogP contribution in [0.2, 0.25) is 0 Å². The van der Waals surface area contributed by atoms with E-state index in [4.69, 9.17) is 20.5 Å². The molecule has 4 atom stereocenters. The van der Waals surface area contributed by atoms with Gasteiger partial charge in [-0.1, -0.05) is 52.0 Å². The highest BCUT2D eigenvalue weighted by Gasteiger charge is 2.46. The van der Waals surface area contributed by atoms with Crippen LogP contribution in [-0.4, -0.2) is 12.2 Å². The summed E-state index contributed by atoms with van der Waals surface area (Å²) in [6.45, 7) is 7.55. The van der Waals surface area contributed by atoms with Crippen LogP contribution in [0, 0.1) is 11.6 Å². The third-order valence-corrected chi connectivity index (χ3v) is 7.10. The predicted octanol–water partition coefficient (Wildman–Crippen LogP) is 6.04. The average Bonchev–Trinajstić information content (AvgIpc) is 2.80. The van der Waals surface area contributed by atoms with E-state index >= 15 is 0 Å². The van der Waals surface area contributed by atoms with E-state index in [0.717, 1.165) is 0 Å². The van der Waals surface area contributed by atoms with Crippen molar-refractivity contribution in [2.45, 2.75) is 76.7 Å². The lowest BCUT2D eigenvalue weighted by atomic mass is 9.82. The Hall–Kier alpha value is -1.76. The minimum atomic E-state index is -2.56. The van der Waals surface area contributed by atoms with E-state index in [1.54, 1.807) is 24.3 Å². The number of rotatable bonds is 12. The Balaban J connectivity index is 2.22. The van der Waals surface area contributed by atoms with Crippen molar-refractivity contribution in [3.05, 3.63) is 71.3 Å². The second-order valence-electron chi connectivity index (χ2n) is 8.03. The Bertz CT molecular complexity index is 810. The maximum Gasteiger partial charge on any atom is 0.698 e. The SMILES string of the molecule is CCC(O[P+](=O)OC(CC)C(N)(CC)c1ccc(F)cc1)C(N)(CC)c1ccc(F)cc1. The number of hydrogen-bond acceptors (Lipinski definition) is 5. The number of nitrogens with two attached hydrogens (primary N) is 2. The van der Waals surface area contributed by atoms with Crippen LogP contribution >= 0.6 is 8.25 Å². The number of hydrogen-bond donors (Lipinski definition) is 2. The predicted molar refractivity (Wildman–Crippen MR) is 123 cm³/mol. The van der Waals surface area contributed by atoms with Crippen LogP contribution < -0.4 is 11.5 Å². The summed E-state index contributed by atoms with van der Waals surface area (Å²) in [5, 5.41) is 0. The molecule has 0 aliphatic carbocycles. The van der Waals surface area contributed by atoms with Gasteiger partial charge in [-0.2, -0.15) is 0 Å². The summed E-state index contributed by atoms with van der Waals surface area (Å²) in [6, 6.07) is 11.8. The largest absolute Gasteiger partial charge is 0.698 e. The van der Waals surface area contributed by atoms with E-state index < -0.39 is 31.5 Å². The summed E-state index contributed by atoms with van der Waals surface area (Å²) >= 11 is 0. The molecule has 0 saturated carbocycles. The van der Waals surface area contributed by atoms with Crippen molar-refractivity contribution in [1.29, 1.82) is 0 Å². The molecule has 8 heteroatoms. The molecule has 2 aromatic carbocycles. The van der Waals surface area contributed by atoms with Crippen molar-refractivity contribution >= 4 is 8.25 Å². The first-order valence-corrected chi connectivity index (χ1v) is 12.1. The van der Waals surface area contributed by atoms with Crippen molar-refractivity contribution in [2.75, 3.05) is 0 Å². The fourth-order valence-electron chi connectivity index (χ4n) is 4.05. The molecule has 0 aromatic heterocycles. The Morgan fingerprint density at radius 2 is 1.06 bits per heavy atom. The van der Waals surface area contributed by atoms with E-state index in [1.807, 2.05) is 27.7 Å². The molecule has 2 aromatic rings. The van der Waals surface area contributed by atoms with Crippen molar-refractivity contribution in [3.8, 4) is 0 Å². The summed E-state index contributed by atoms with van der Waals surface area (Å²) in [6.07, 6.45) is 0.675. The Kier molecular flexibility index (Phi) is 9.43. The summed E-state index contributed by atoms with van der Waals surface area (Å²) in [4.78, 5) is 0. The highest BCUT2D eigenvalue weighted by atomic mass is 31.1. The molecule has 176 valence electrons. The molecule has 5 nitrogen and oxygen atoms in total. The molecule has 0 aliphatic heterocycles. The summed E-state index contributed by atoms with van der Waals surface area (Å²) in [7, 11) is -2.56. The maximum atomic E-state index is 13.4. The summed E-state index contributed by atoms with van der Waals surface area (Å²) in [5.74, 6) is -0.720. The Morgan fingerprint density at radius 1 is 0.750 bits per heavy atom. The molecule has 2 rings (SSSR count).